The van der Waals surface area contributed by atoms with Crippen LogP contribution >= 0.6 is 0 Å². The Bertz CT molecular complexity index is 2230. The van der Waals surface area contributed by atoms with Gasteiger partial charge in [0.2, 0.25) is 10.0 Å². The van der Waals surface area contributed by atoms with Gasteiger partial charge in [0.05, 0.1) is 22.8 Å². The number of piperazine rings is 1. The molecule has 3 atom stereocenters. The predicted molar refractivity (Wildman–Crippen MR) is 207 cm³/mol. The molecule has 4 heterocycles. The van der Waals surface area contributed by atoms with Gasteiger partial charge < -0.3 is 19.5 Å². The molecule has 55 heavy (non-hydrogen) atoms. The van der Waals surface area contributed by atoms with Gasteiger partial charge in [-0.15, -0.1) is 0 Å². The first-order valence-electron chi connectivity index (χ1n) is 19.0. The van der Waals surface area contributed by atoms with E-state index in [0.29, 0.717) is 50.3 Å². The molecular weight excluding hydrogens is 723 g/mol. The quantitative estimate of drug-likeness (QED) is 0.355. The van der Waals surface area contributed by atoms with E-state index in [-0.39, 0.29) is 46.2 Å². The zero-order chi connectivity index (χ0) is 38.8. The second-order valence-corrected chi connectivity index (χ2v) is 16.8. The van der Waals surface area contributed by atoms with Crippen LogP contribution in [-0.4, -0.2) is 134 Å². The zero-order valence-electron chi connectivity index (χ0n) is 31.9. The van der Waals surface area contributed by atoms with Gasteiger partial charge in [-0.05, 0) is 86.8 Å². The minimum atomic E-state index is -3.96. The van der Waals surface area contributed by atoms with Crippen molar-refractivity contribution in [2.75, 3.05) is 60.5 Å². The molecule has 0 bridgehead atoms. The van der Waals surface area contributed by atoms with Crippen LogP contribution in [0.5, 0.6) is 17.2 Å². The molecule has 0 aromatic heterocycles. The van der Waals surface area contributed by atoms with Gasteiger partial charge in [0.15, 0.2) is 23.4 Å². The Morgan fingerprint density at radius 1 is 0.945 bits per heavy atom. The molecule has 0 radical (unpaired) electrons. The minimum Gasteiger partial charge on any atom is -0.504 e. The number of hydrazone groups is 1. The van der Waals surface area contributed by atoms with Crippen molar-refractivity contribution < 1.29 is 32.6 Å². The number of phenols is 1. The van der Waals surface area contributed by atoms with E-state index >= 15 is 0 Å². The van der Waals surface area contributed by atoms with Crippen LogP contribution in [0, 0.1) is 0 Å². The Morgan fingerprint density at radius 3 is 2.45 bits per heavy atom. The average molecular weight is 770 g/mol. The average Bonchev–Trinajstić information content (AvgIpc) is 3.49. The summed E-state index contributed by atoms with van der Waals surface area (Å²) in [4.78, 5) is 39.4. The van der Waals surface area contributed by atoms with E-state index in [4.69, 9.17) is 14.5 Å². The Morgan fingerprint density at radius 2 is 1.71 bits per heavy atom. The second kappa shape index (κ2) is 14.3. The molecule has 0 spiro atoms. The van der Waals surface area contributed by atoms with Crippen LogP contribution in [0.15, 0.2) is 63.5 Å². The number of rotatable bonds is 8. The number of carbonyl (C=O) groups excluding carboxylic acids is 2. The molecule has 0 saturated carbocycles. The van der Waals surface area contributed by atoms with Gasteiger partial charge in [-0.25, -0.2) is 13.2 Å². The summed E-state index contributed by atoms with van der Waals surface area (Å²) in [7, 11) is 1.76. The number of nitrogens with zero attached hydrogens (tertiary/aromatic N) is 7. The summed E-state index contributed by atoms with van der Waals surface area (Å²) in [6, 6.07) is 12.4. The number of ether oxygens (including phenoxy) is 2. The number of carbonyl (C=O) groups is 2. The Labute approximate surface area is 321 Å². The lowest BCUT2D eigenvalue weighted by atomic mass is 9.77. The standard InChI is InChI=1S/C40H47N7O7S/c1-6-9-29-35-36(45(5)42-29)39(49)47(38(41-35)28-23-26(13-15-31(28)53-7-2)55(51,52)46-20-18-43(3)19-21-46)40(50)54-32-14-12-25-22-30-33-24(16-17-44(30)4)10-8-11-27(33)34(25)37(32)48/h8,10-15,23,30,35-36,48H,6-7,9,16-22H2,1-5H3. The molecule has 1 fully saturated rings. The van der Waals surface area contributed by atoms with Crippen LogP contribution in [0.4, 0.5) is 4.79 Å². The molecule has 1 N–H and O–H groups in total. The third-order valence-corrected chi connectivity index (χ3v) is 13.4. The summed E-state index contributed by atoms with van der Waals surface area (Å²) in [5, 5.41) is 18.0. The van der Waals surface area contributed by atoms with Gasteiger partial charge in [0, 0.05) is 51.4 Å². The molecule has 15 heteroatoms. The maximum absolute atomic E-state index is 14.6. The number of phenolic OH excluding ortho intramolecular Hbond substituents is 1. The van der Waals surface area contributed by atoms with Crippen LogP contribution in [0.1, 0.15) is 55.0 Å². The van der Waals surface area contributed by atoms with Crippen molar-refractivity contribution in [1.82, 2.24) is 24.0 Å². The molecule has 3 aromatic rings. The number of amidine groups is 1. The molecule has 3 unspecified atom stereocenters. The van der Waals surface area contributed by atoms with E-state index in [0.717, 1.165) is 41.0 Å². The lowest BCUT2D eigenvalue weighted by Crippen LogP contribution is -2.58. The topological polar surface area (TPSA) is 148 Å². The summed E-state index contributed by atoms with van der Waals surface area (Å²) in [6.07, 6.45) is 1.79. The number of amides is 2. The number of aromatic hydroxyl groups is 1. The van der Waals surface area contributed by atoms with E-state index in [1.807, 2.05) is 32.2 Å². The highest BCUT2D eigenvalue weighted by molar-refractivity contribution is 7.89. The molecule has 5 aliphatic rings. The largest absolute Gasteiger partial charge is 0.504 e. The molecule has 2 amide bonds. The Hall–Kier alpha value is -4.83. The number of hydrogen-bond acceptors (Lipinski definition) is 12. The third-order valence-electron chi connectivity index (χ3n) is 11.5. The van der Waals surface area contributed by atoms with Crippen molar-refractivity contribution in [2.24, 2.45) is 10.1 Å². The fourth-order valence-corrected chi connectivity index (χ4v) is 10.0. The van der Waals surface area contributed by atoms with Crippen LogP contribution in [0.2, 0.25) is 0 Å². The maximum atomic E-state index is 14.6. The number of aliphatic imine (C=N–C) groups is 1. The third kappa shape index (κ3) is 6.26. The van der Waals surface area contributed by atoms with E-state index in [9.17, 15) is 23.1 Å². The molecule has 1 aliphatic carbocycles. The molecule has 4 aliphatic heterocycles. The number of likely N-dealkylation sites (N-methyl/N-ethyl adjacent to an activating group) is 3. The molecule has 290 valence electrons. The van der Waals surface area contributed by atoms with Crippen molar-refractivity contribution in [3.63, 3.8) is 0 Å². The predicted octanol–water partition coefficient (Wildman–Crippen LogP) is 4.11. The first-order chi connectivity index (χ1) is 26.4. The van der Waals surface area contributed by atoms with Gasteiger partial charge in [-0.2, -0.15) is 14.3 Å². The molecule has 8 rings (SSSR count). The number of sulfonamides is 1. The van der Waals surface area contributed by atoms with Crippen LogP contribution in [0.25, 0.3) is 11.1 Å². The van der Waals surface area contributed by atoms with Gasteiger partial charge >= 0.3 is 6.09 Å². The molecular formula is C40H47N7O7S. The monoisotopic (exact) mass is 769 g/mol. The van der Waals surface area contributed by atoms with Crippen LogP contribution in [0.3, 0.4) is 0 Å². The second-order valence-electron chi connectivity index (χ2n) is 14.9. The van der Waals surface area contributed by atoms with Crippen molar-refractivity contribution >= 4 is 33.6 Å². The lowest BCUT2D eigenvalue weighted by molar-refractivity contribution is -0.131. The van der Waals surface area contributed by atoms with E-state index < -0.39 is 34.1 Å². The summed E-state index contributed by atoms with van der Waals surface area (Å²) in [6.45, 7) is 6.76. The zero-order valence-corrected chi connectivity index (χ0v) is 32.7. The summed E-state index contributed by atoms with van der Waals surface area (Å²) < 4.78 is 41.4. The SMILES string of the molecule is CCCC1=NN(C)C2C(=O)N(C(=O)Oc3ccc4c(c3O)-c3cccc5c3C(C4)N(C)CC5)C(c3cc(S(=O)(=O)N4CCN(C)CC4)ccc3OCC)=NC12. The maximum Gasteiger partial charge on any atom is 0.428 e. The van der Waals surface area contributed by atoms with E-state index in [1.54, 1.807) is 20.0 Å². The molecule has 14 nitrogen and oxygen atoms in total. The fourth-order valence-electron chi connectivity index (χ4n) is 8.59. The van der Waals surface area contributed by atoms with Crippen molar-refractivity contribution in [3.05, 3.63) is 70.8 Å². The summed E-state index contributed by atoms with van der Waals surface area (Å²) in [5.74, 6) is -0.832. The lowest BCUT2D eigenvalue weighted by Gasteiger charge is -2.40. The normalized spacial score (nSPS) is 22.8. The summed E-state index contributed by atoms with van der Waals surface area (Å²) >= 11 is 0. The van der Waals surface area contributed by atoms with Crippen LogP contribution in [-0.2, 0) is 27.7 Å². The number of hydrogen-bond donors (Lipinski definition) is 1. The smallest absolute Gasteiger partial charge is 0.428 e. The highest BCUT2D eigenvalue weighted by Gasteiger charge is 2.50. The number of imide groups is 1. The van der Waals surface area contributed by atoms with Crippen molar-refractivity contribution in [3.8, 4) is 28.4 Å². The Kier molecular flexibility index (Phi) is 9.68. The molecule has 1 saturated heterocycles. The van der Waals surface area contributed by atoms with Gasteiger partial charge in [-0.3, -0.25) is 19.7 Å². The minimum absolute atomic E-state index is 0.0189. The highest BCUT2D eigenvalue weighted by atomic mass is 32.2. The van der Waals surface area contributed by atoms with E-state index in [2.05, 4.69) is 28.0 Å². The first kappa shape index (κ1) is 37.1. The Balaban J connectivity index is 1.21. The van der Waals surface area contributed by atoms with E-state index in [1.165, 1.54) is 33.1 Å². The highest BCUT2D eigenvalue weighted by Crippen LogP contribution is 2.50. The first-order valence-corrected chi connectivity index (χ1v) is 20.4. The van der Waals surface area contributed by atoms with Crippen LogP contribution < -0.4 is 9.47 Å². The number of benzene rings is 3. The summed E-state index contributed by atoms with van der Waals surface area (Å²) in [5.41, 5.74) is 5.63. The van der Waals surface area contributed by atoms with Crippen molar-refractivity contribution in [2.45, 2.75) is 62.6 Å². The van der Waals surface area contributed by atoms with Gasteiger partial charge in [0.1, 0.15) is 11.8 Å². The van der Waals surface area contributed by atoms with Gasteiger partial charge in [0.25, 0.3) is 5.91 Å². The number of fused-ring (bicyclic) bond motifs is 3. The van der Waals surface area contributed by atoms with Crippen molar-refractivity contribution in [1.29, 1.82) is 0 Å². The van der Waals surface area contributed by atoms with Gasteiger partial charge in [-0.1, -0.05) is 37.6 Å². The molecule has 3 aromatic carbocycles. The fraction of sp³-hybridized carbons (Fsp3) is 0.450.